The van der Waals surface area contributed by atoms with E-state index in [4.69, 9.17) is 15.0 Å². The summed E-state index contributed by atoms with van der Waals surface area (Å²) in [5, 5.41) is 4.01. The van der Waals surface area contributed by atoms with Gasteiger partial charge in [-0.15, -0.1) is 0 Å². The van der Waals surface area contributed by atoms with Crippen LogP contribution in [0.3, 0.4) is 0 Å². The normalized spacial score (nSPS) is 18.5. The highest BCUT2D eigenvalue weighted by molar-refractivity contribution is 5.15. The molecule has 4 rings (SSSR count). The van der Waals surface area contributed by atoms with Crippen LogP contribution < -0.4 is 5.73 Å². The van der Waals surface area contributed by atoms with Gasteiger partial charge in [0.25, 0.3) is 0 Å². The van der Waals surface area contributed by atoms with Gasteiger partial charge in [0.1, 0.15) is 6.10 Å². The van der Waals surface area contributed by atoms with Crippen LogP contribution in [-0.4, -0.2) is 26.3 Å². The van der Waals surface area contributed by atoms with Crippen LogP contribution in [0.15, 0.2) is 47.4 Å². The molecule has 1 saturated heterocycles. The number of benzene rings is 1. The van der Waals surface area contributed by atoms with E-state index in [1.165, 1.54) is 5.56 Å². The molecule has 1 aliphatic rings. The molecule has 3 heterocycles. The van der Waals surface area contributed by atoms with Gasteiger partial charge in [-0.25, -0.2) is 4.98 Å². The summed E-state index contributed by atoms with van der Waals surface area (Å²) in [4.78, 5) is 8.83. The van der Waals surface area contributed by atoms with Crippen molar-refractivity contribution in [2.24, 2.45) is 5.73 Å². The van der Waals surface area contributed by atoms with Gasteiger partial charge >= 0.3 is 0 Å². The molecule has 3 aromatic rings. The van der Waals surface area contributed by atoms with E-state index in [0.717, 1.165) is 31.7 Å². The lowest BCUT2D eigenvalue weighted by Crippen LogP contribution is -2.14. The third kappa shape index (κ3) is 3.78. The van der Waals surface area contributed by atoms with Crippen LogP contribution in [0.5, 0.6) is 0 Å². The monoisotopic (exact) mass is 339 g/mol. The lowest BCUT2D eigenvalue weighted by Gasteiger charge is -2.04. The van der Waals surface area contributed by atoms with Crippen molar-refractivity contribution in [2.75, 3.05) is 6.61 Å². The molecule has 0 amide bonds. The van der Waals surface area contributed by atoms with Gasteiger partial charge in [0.2, 0.25) is 11.7 Å². The Balaban J connectivity index is 1.38. The number of ether oxygens (including phenoxy) is 1. The Hall–Kier alpha value is -2.51. The van der Waals surface area contributed by atoms with Crippen LogP contribution in [0.25, 0.3) is 0 Å². The number of aromatic nitrogens is 4. The van der Waals surface area contributed by atoms with Crippen molar-refractivity contribution in [1.82, 2.24) is 19.7 Å². The zero-order chi connectivity index (χ0) is 17.1. The number of hydrogen-bond acceptors (Lipinski definition) is 6. The minimum Gasteiger partial charge on any atom is -0.370 e. The highest BCUT2D eigenvalue weighted by atomic mass is 16.5. The maximum atomic E-state index is 6.21. The molecule has 7 heteroatoms. The van der Waals surface area contributed by atoms with Gasteiger partial charge in [0.05, 0.1) is 18.1 Å². The fourth-order valence-corrected chi connectivity index (χ4v) is 3.02. The number of hydrogen-bond donors (Lipinski definition) is 1. The number of imidazole rings is 1. The van der Waals surface area contributed by atoms with Crippen LogP contribution in [0.2, 0.25) is 0 Å². The van der Waals surface area contributed by atoms with E-state index in [-0.39, 0.29) is 12.1 Å². The second-order valence-electron chi connectivity index (χ2n) is 6.33. The molecule has 0 bridgehead atoms. The summed E-state index contributed by atoms with van der Waals surface area (Å²) in [5.74, 6) is 1.03. The van der Waals surface area contributed by atoms with Crippen LogP contribution in [0.1, 0.15) is 48.0 Å². The summed E-state index contributed by atoms with van der Waals surface area (Å²) in [5.41, 5.74) is 8.35. The molecule has 0 radical (unpaired) electrons. The first-order valence-electron chi connectivity index (χ1n) is 8.53. The Morgan fingerprint density at radius 2 is 2.16 bits per heavy atom. The van der Waals surface area contributed by atoms with Gasteiger partial charge in [0, 0.05) is 25.8 Å². The lowest BCUT2D eigenvalue weighted by molar-refractivity contribution is 0.103. The van der Waals surface area contributed by atoms with Gasteiger partial charge in [-0.2, -0.15) is 4.98 Å². The molecule has 0 spiro atoms. The largest absolute Gasteiger partial charge is 0.370 e. The summed E-state index contributed by atoms with van der Waals surface area (Å²) in [7, 11) is 0. The van der Waals surface area contributed by atoms with E-state index in [1.807, 2.05) is 35.3 Å². The van der Waals surface area contributed by atoms with E-state index in [0.29, 0.717) is 18.1 Å². The van der Waals surface area contributed by atoms with Crippen molar-refractivity contribution >= 4 is 0 Å². The SMILES string of the molecule is N[C@@H](Cc1cn(Cc2ccccc2)cn1)c1nc(C2CCCO2)no1. The summed E-state index contributed by atoms with van der Waals surface area (Å²) < 4.78 is 12.9. The minimum absolute atomic E-state index is 0.0604. The van der Waals surface area contributed by atoms with Crippen LogP contribution in [-0.2, 0) is 17.7 Å². The predicted molar refractivity (Wildman–Crippen MR) is 90.6 cm³/mol. The highest BCUT2D eigenvalue weighted by Gasteiger charge is 2.25. The third-order valence-electron chi connectivity index (χ3n) is 4.32. The second kappa shape index (κ2) is 7.16. The Kier molecular flexibility index (Phi) is 4.58. The molecule has 1 fully saturated rings. The van der Waals surface area contributed by atoms with E-state index in [9.17, 15) is 0 Å². The maximum Gasteiger partial charge on any atom is 0.244 e. The molecule has 25 heavy (non-hydrogen) atoms. The van der Waals surface area contributed by atoms with Crippen molar-refractivity contribution in [1.29, 1.82) is 0 Å². The molecule has 0 saturated carbocycles. The van der Waals surface area contributed by atoms with Crippen molar-refractivity contribution in [3.8, 4) is 0 Å². The van der Waals surface area contributed by atoms with E-state index in [2.05, 4.69) is 27.3 Å². The second-order valence-corrected chi connectivity index (χ2v) is 6.33. The lowest BCUT2D eigenvalue weighted by atomic mass is 10.2. The van der Waals surface area contributed by atoms with Gasteiger partial charge in [-0.05, 0) is 18.4 Å². The third-order valence-corrected chi connectivity index (χ3v) is 4.32. The van der Waals surface area contributed by atoms with Crippen molar-refractivity contribution in [3.63, 3.8) is 0 Å². The standard InChI is InChI=1S/C18H21N5O2/c19-15(18-21-17(22-25-18)16-7-4-8-24-16)9-14-11-23(12-20-14)10-13-5-2-1-3-6-13/h1-3,5-6,11-12,15-16H,4,7-10,19H2/t15-,16?/m0/s1. The number of rotatable bonds is 6. The van der Waals surface area contributed by atoms with E-state index in [1.54, 1.807) is 0 Å². The molecule has 7 nitrogen and oxygen atoms in total. The molecule has 2 aromatic heterocycles. The zero-order valence-corrected chi connectivity index (χ0v) is 13.9. The summed E-state index contributed by atoms with van der Waals surface area (Å²) in [6.07, 6.45) is 6.27. The smallest absolute Gasteiger partial charge is 0.244 e. The number of nitrogens with two attached hydrogens (primary N) is 1. The minimum atomic E-state index is -0.372. The van der Waals surface area contributed by atoms with Crippen LogP contribution in [0.4, 0.5) is 0 Å². The van der Waals surface area contributed by atoms with Crippen LogP contribution >= 0.6 is 0 Å². The van der Waals surface area contributed by atoms with Crippen molar-refractivity contribution < 1.29 is 9.26 Å². The average molecular weight is 339 g/mol. The van der Waals surface area contributed by atoms with Gasteiger partial charge in [-0.3, -0.25) is 0 Å². The fourth-order valence-electron chi connectivity index (χ4n) is 3.02. The number of nitrogens with zero attached hydrogens (tertiary/aromatic N) is 4. The summed E-state index contributed by atoms with van der Waals surface area (Å²) >= 11 is 0. The Labute approximate surface area is 145 Å². The van der Waals surface area contributed by atoms with Gasteiger partial charge < -0.3 is 19.6 Å². The molecular formula is C18H21N5O2. The molecule has 1 aromatic carbocycles. The van der Waals surface area contributed by atoms with E-state index < -0.39 is 0 Å². The topological polar surface area (TPSA) is 92.0 Å². The molecule has 0 aliphatic carbocycles. The average Bonchev–Trinajstić information content (AvgIpc) is 3.37. The highest BCUT2D eigenvalue weighted by Crippen LogP contribution is 2.27. The van der Waals surface area contributed by atoms with Gasteiger partial charge in [-0.1, -0.05) is 35.5 Å². The molecule has 1 aliphatic heterocycles. The molecule has 2 atom stereocenters. The predicted octanol–water partition coefficient (Wildman–Crippen LogP) is 2.41. The molecule has 1 unspecified atom stereocenters. The zero-order valence-electron chi connectivity index (χ0n) is 13.9. The molecular weight excluding hydrogens is 318 g/mol. The molecule has 130 valence electrons. The van der Waals surface area contributed by atoms with Gasteiger partial charge in [0.15, 0.2) is 0 Å². The Morgan fingerprint density at radius 1 is 1.28 bits per heavy atom. The van der Waals surface area contributed by atoms with Crippen LogP contribution in [0, 0.1) is 0 Å². The Bertz CT molecular complexity index is 808. The summed E-state index contributed by atoms with van der Waals surface area (Å²) in [6, 6.07) is 9.89. The van der Waals surface area contributed by atoms with E-state index >= 15 is 0 Å². The summed E-state index contributed by atoms with van der Waals surface area (Å²) in [6.45, 7) is 1.53. The fraction of sp³-hybridized carbons (Fsp3) is 0.389. The first-order chi connectivity index (χ1) is 12.3. The maximum absolute atomic E-state index is 6.21. The molecule has 2 N–H and O–H groups in total. The van der Waals surface area contributed by atoms with Crippen molar-refractivity contribution in [2.45, 2.75) is 38.0 Å². The van der Waals surface area contributed by atoms with Crippen molar-refractivity contribution in [3.05, 3.63) is 65.8 Å². The first-order valence-corrected chi connectivity index (χ1v) is 8.53. The Morgan fingerprint density at radius 3 is 2.96 bits per heavy atom. The first kappa shape index (κ1) is 16.0. The quantitative estimate of drug-likeness (QED) is 0.741.